The van der Waals surface area contributed by atoms with E-state index in [1.807, 2.05) is 24.3 Å². The van der Waals surface area contributed by atoms with Crippen LogP contribution in [0.4, 0.5) is 0 Å². The predicted molar refractivity (Wildman–Crippen MR) is 135 cm³/mol. The van der Waals surface area contributed by atoms with Crippen LogP contribution in [0.2, 0.25) is 0 Å². The van der Waals surface area contributed by atoms with Crippen molar-refractivity contribution in [3.63, 3.8) is 0 Å². The fourth-order valence-electron chi connectivity index (χ4n) is 3.97. The zero-order chi connectivity index (χ0) is 20.9. The summed E-state index contributed by atoms with van der Waals surface area (Å²) in [6.45, 7) is 2.00. The summed E-state index contributed by atoms with van der Waals surface area (Å²) < 4.78 is 4.94. The Morgan fingerprint density at radius 1 is 0.438 bits per heavy atom. The fraction of sp³-hybridized carbons (Fsp3) is 0.143. The van der Waals surface area contributed by atoms with Crippen LogP contribution < -0.4 is 9.97 Å². The molecule has 3 nitrogen and oxygen atoms in total. The maximum atomic E-state index is 4.94. The standard InChI is InChI=1S/2C12H8N.C4H8O.Mg/c2*1-3-7-11-9(5-1)10-6-2-4-8-12(10)13-11;1-2-4-5-3-1;/h2*1-8H;1-4H2;/q2*-1;;+2. The molecular weight excluding hydrogens is 405 g/mol. The Labute approximate surface area is 203 Å². The number of benzene rings is 4. The first-order valence-corrected chi connectivity index (χ1v) is 10.8. The molecule has 1 fully saturated rings. The average Bonchev–Trinajstić information content (AvgIpc) is 3.59. The van der Waals surface area contributed by atoms with Crippen molar-refractivity contribution in [3.05, 3.63) is 97.1 Å². The van der Waals surface area contributed by atoms with Gasteiger partial charge in [0.15, 0.2) is 0 Å². The van der Waals surface area contributed by atoms with E-state index in [1.54, 1.807) is 0 Å². The molecule has 0 spiro atoms. The molecule has 154 valence electrons. The topological polar surface area (TPSA) is 37.4 Å². The normalized spacial score (nSPS) is 12.8. The Morgan fingerprint density at radius 3 is 0.969 bits per heavy atom. The van der Waals surface area contributed by atoms with E-state index in [9.17, 15) is 0 Å². The second-order valence-electron chi connectivity index (χ2n) is 7.61. The Bertz CT molecular complexity index is 1220. The molecule has 2 aromatic heterocycles. The van der Waals surface area contributed by atoms with E-state index in [-0.39, 0.29) is 23.1 Å². The molecule has 0 unspecified atom stereocenters. The van der Waals surface area contributed by atoms with Crippen molar-refractivity contribution in [1.29, 1.82) is 0 Å². The van der Waals surface area contributed by atoms with Gasteiger partial charge in [-0.1, -0.05) is 97.1 Å². The van der Waals surface area contributed by atoms with Gasteiger partial charge >= 0.3 is 23.1 Å². The largest absolute Gasteiger partial charge is 2.00 e. The summed E-state index contributed by atoms with van der Waals surface area (Å²) in [6, 6.07) is 33.0. The van der Waals surface area contributed by atoms with Crippen LogP contribution in [0, 0.1) is 0 Å². The van der Waals surface area contributed by atoms with Gasteiger partial charge in [0.1, 0.15) is 0 Å². The quantitative estimate of drug-likeness (QED) is 0.266. The minimum atomic E-state index is 0. The summed E-state index contributed by atoms with van der Waals surface area (Å²) in [4.78, 5) is 9.03. The molecular formula is C28H24MgN2O. The molecule has 1 aliphatic rings. The summed E-state index contributed by atoms with van der Waals surface area (Å²) in [7, 11) is 0. The number of nitrogens with zero attached hydrogens (tertiary/aromatic N) is 2. The van der Waals surface area contributed by atoms with Gasteiger partial charge in [0.05, 0.1) is 0 Å². The molecule has 4 aromatic carbocycles. The molecule has 7 rings (SSSR count). The molecule has 0 bridgehead atoms. The third-order valence-electron chi connectivity index (χ3n) is 5.51. The van der Waals surface area contributed by atoms with Crippen molar-refractivity contribution in [2.45, 2.75) is 12.8 Å². The molecule has 1 aliphatic heterocycles. The van der Waals surface area contributed by atoms with Crippen LogP contribution >= 0.6 is 0 Å². The van der Waals surface area contributed by atoms with E-state index >= 15 is 0 Å². The van der Waals surface area contributed by atoms with Crippen molar-refractivity contribution in [2.75, 3.05) is 13.2 Å². The van der Waals surface area contributed by atoms with E-state index in [0.29, 0.717) is 0 Å². The molecule has 32 heavy (non-hydrogen) atoms. The smallest absolute Gasteiger partial charge is 0.657 e. The second kappa shape index (κ2) is 10.7. The molecule has 0 N–H and O–H groups in total. The van der Waals surface area contributed by atoms with Crippen molar-refractivity contribution in [3.8, 4) is 0 Å². The molecule has 1 saturated heterocycles. The number of hydrogen-bond donors (Lipinski definition) is 0. The van der Waals surface area contributed by atoms with Crippen molar-refractivity contribution >= 4 is 66.7 Å². The summed E-state index contributed by atoms with van der Waals surface area (Å²) >= 11 is 0. The molecule has 0 saturated carbocycles. The summed E-state index contributed by atoms with van der Waals surface area (Å²) in [6.07, 6.45) is 2.56. The summed E-state index contributed by atoms with van der Waals surface area (Å²) in [5, 5.41) is 4.99. The van der Waals surface area contributed by atoms with Crippen LogP contribution in [0.3, 0.4) is 0 Å². The van der Waals surface area contributed by atoms with Gasteiger partial charge in [0, 0.05) is 13.2 Å². The number of ether oxygens (including phenoxy) is 1. The van der Waals surface area contributed by atoms with Crippen LogP contribution in [0.15, 0.2) is 97.1 Å². The third-order valence-corrected chi connectivity index (χ3v) is 5.51. The van der Waals surface area contributed by atoms with Crippen LogP contribution in [0.25, 0.3) is 43.6 Å². The Kier molecular flexibility index (Phi) is 7.48. The van der Waals surface area contributed by atoms with Gasteiger partial charge in [-0.2, -0.15) is 0 Å². The fourth-order valence-corrected chi connectivity index (χ4v) is 3.97. The molecule has 0 aliphatic carbocycles. The van der Waals surface area contributed by atoms with Gasteiger partial charge in [-0.25, -0.2) is 0 Å². The van der Waals surface area contributed by atoms with E-state index in [4.69, 9.17) is 4.74 Å². The van der Waals surface area contributed by atoms with Gasteiger partial charge in [-0.05, 0) is 34.4 Å². The van der Waals surface area contributed by atoms with Gasteiger partial charge < -0.3 is 14.7 Å². The molecule has 4 heteroatoms. The average molecular weight is 429 g/mol. The molecule has 0 atom stereocenters. The van der Waals surface area contributed by atoms with E-state index in [0.717, 1.165) is 35.3 Å². The second-order valence-corrected chi connectivity index (χ2v) is 7.61. The van der Waals surface area contributed by atoms with Crippen LogP contribution in [0.5, 0.6) is 0 Å². The Hall–Kier alpha value is -2.79. The van der Waals surface area contributed by atoms with Crippen LogP contribution in [-0.2, 0) is 4.74 Å². The molecule has 0 amide bonds. The number of aromatic nitrogens is 2. The maximum absolute atomic E-state index is 4.94. The third kappa shape index (κ3) is 4.83. The SMILES string of the molecule is C1CCOC1.[Mg+2].c1ccc2c(c1)[n-]c1ccccc12.c1ccc2c(c1)[n-]c1ccccc12. The van der Waals surface area contributed by atoms with Gasteiger partial charge in [-0.15, -0.1) is 22.1 Å². The van der Waals surface area contributed by atoms with E-state index < -0.39 is 0 Å². The number of para-hydroxylation sites is 4. The van der Waals surface area contributed by atoms with Gasteiger partial charge in [0.2, 0.25) is 0 Å². The van der Waals surface area contributed by atoms with Gasteiger partial charge in [-0.3, -0.25) is 0 Å². The zero-order valence-corrected chi connectivity index (χ0v) is 19.5. The van der Waals surface area contributed by atoms with E-state index in [1.165, 1.54) is 34.4 Å². The first-order valence-electron chi connectivity index (χ1n) is 10.8. The number of fused-ring (bicyclic) bond motifs is 6. The summed E-state index contributed by atoms with van der Waals surface area (Å²) in [5.41, 5.74) is 4.35. The Morgan fingerprint density at radius 2 is 0.719 bits per heavy atom. The van der Waals surface area contributed by atoms with Gasteiger partial charge in [0.25, 0.3) is 0 Å². The van der Waals surface area contributed by atoms with Crippen molar-refractivity contribution < 1.29 is 4.74 Å². The van der Waals surface area contributed by atoms with Crippen molar-refractivity contribution in [2.24, 2.45) is 0 Å². The first kappa shape index (κ1) is 22.4. The molecule has 6 aromatic rings. The number of hydrogen-bond acceptors (Lipinski definition) is 1. The predicted octanol–water partition coefficient (Wildman–Crippen LogP) is 6.32. The zero-order valence-electron chi connectivity index (χ0n) is 18.1. The monoisotopic (exact) mass is 428 g/mol. The maximum Gasteiger partial charge on any atom is 2.00 e. The molecule has 0 radical (unpaired) electrons. The van der Waals surface area contributed by atoms with Crippen molar-refractivity contribution in [1.82, 2.24) is 9.97 Å². The minimum Gasteiger partial charge on any atom is -0.657 e. The first-order chi connectivity index (χ1) is 15.4. The summed E-state index contributed by atoms with van der Waals surface area (Å²) in [5.74, 6) is 0. The number of rotatable bonds is 0. The van der Waals surface area contributed by atoms with Crippen LogP contribution in [0.1, 0.15) is 12.8 Å². The molecule has 3 heterocycles. The van der Waals surface area contributed by atoms with E-state index in [2.05, 4.69) is 82.8 Å². The minimum absolute atomic E-state index is 0. The van der Waals surface area contributed by atoms with Crippen LogP contribution in [-0.4, -0.2) is 36.3 Å². The Balaban J connectivity index is 0.000000123.